The number of aromatic amines is 1. The molecule has 3 aromatic rings. The van der Waals surface area contributed by atoms with Gasteiger partial charge in [0, 0.05) is 31.9 Å². The molecule has 3 aromatic heterocycles. The van der Waals surface area contributed by atoms with Crippen molar-refractivity contribution in [3.63, 3.8) is 0 Å². The molecule has 1 N–H and O–H groups in total. The highest BCUT2D eigenvalue weighted by Gasteiger charge is 2.23. The Bertz CT molecular complexity index is 791. The number of rotatable bonds is 2. The maximum atomic E-state index is 4.70. The Balaban J connectivity index is 1.70. The quantitative estimate of drug-likeness (QED) is 0.772. The number of aromatic nitrogens is 5. The highest BCUT2D eigenvalue weighted by Crippen LogP contribution is 2.32. The van der Waals surface area contributed by atoms with Crippen molar-refractivity contribution >= 4 is 33.3 Å². The van der Waals surface area contributed by atoms with Crippen molar-refractivity contribution in [1.82, 2.24) is 25.1 Å². The Morgan fingerprint density at radius 3 is 3.10 bits per heavy atom. The van der Waals surface area contributed by atoms with Gasteiger partial charge in [-0.25, -0.2) is 15.0 Å². The molecule has 7 nitrogen and oxygen atoms in total. The van der Waals surface area contributed by atoms with Crippen molar-refractivity contribution in [3.8, 4) is 0 Å². The monoisotopic (exact) mass is 301 g/mol. The fraction of sp³-hybridized carbons (Fsp3) is 0.385. The molecule has 0 atom stereocenters. The van der Waals surface area contributed by atoms with Crippen LogP contribution in [-0.4, -0.2) is 45.8 Å². The Labute approximate surface area is 125 Å². The van der Waals surface area contributed by atoms with Crippen LogP contribution in [0, 0.1) is 0 Å². The first-order valence-electron chi connectivity index (χ1n) is 6.77. The zero-order valence-electron chi connectivity index (χ0n) is 11.9. The second-order valence-corrected chi connectivity index (χ2v) is 6.32. The number of thiazole rings is 1. The van der Waals surface area contributed by atoms with Gasteiger partial charge in [0.15, 0.2) is 10.8 Å². The third kappa shape index (κ3) is 2.02. The van der Waals surface area contributed by atoms with E-state index in [1.807, 2.05) is 14.1 Å². The van der Waals surface area contributed by atoms with Gasteiger partial charge in [0.1, 0.15) is 12.1 Å². The molecule has 0 saturated carbocycles. The summed E-state index contributed by atoms with van der Waals surface area (Å²) in [5.74, 6) is 0.944. The van der Waals surface area contributed by atoms with Crippen molar-refractivity contribution in [2.24, 2.45) is 0 Å². The molecule has 0 fully saturated rings. The SMILES string of the molecule is CN(C)c1nc2c(s1)CN(c1ncnc3[nH]ncc13)CC2. The summed E-state index contributed by atoms with van der Waals surface area (Å²) in [4.78, 5) is 19.0. The number of anilines is 2. The smallest absolute Gasteiger partial charge is 0.185 e. The van der Waals surface area contributed by atoms with Crippen molar-refractivity contribution in [2.45, 2.75) is 13.0 Å². The molecule has 0 bridgehead atoms. The summed E-state index contributed by atoms with van der Waals surface area (Å²) in [5, 5.41) is 8.99. The molecule has 0 spiro atoms. The zero-order valence-corrected chi connectivity index (χ0v) is 12.7. The lowest BCUT2D eigenvalue weighted by Crippen LogP contribution is -2.30. The zero-order chi connectivity index (χ0) is 14.4. The molecule has 0 saturated heterocycles. The fourth-order valence-electron chi connectivity index (χ4n) is 2.56. The Morgan fingerprint density at radius 1 is 1.33 bits per heavy atom. The van der Waals surface area contributed by atoms with E-state index in [2.05, 4.69) is 30.0 Å². The highest BCUT2D eigenvalue weighted by molar-refractivity contribution is 7.15. The van der Waals surface area contributed by atoms with Crippen LogP contribution in [0.5, 0.6) is 0 Å². The van der Waals surface area contributed by atoms with Crippen LogP contribution in [0.2, 0.25) is 0 Å². The summed E-state index contributed by atoms with van der Waals surface area (Å²) >= 11 is 1.76. The molecular formula is C13H15N7S. The Kier molecular flexibility index (Phi) is 2.78. The van der Waals surface area contributed by atoms with Crippen LogP contribution >= 0.6 is 11.3 Å². The van der Waals surface area contributed by atoms with E-state index in [9.17, 15) is 0 Å². The van der Waals surface area contributed by atoms with Gasteiger partial charge in [-0.15, -0.1) is 0 Å². The first kappa shape index (κ1) is 12.5. The topological polar surface area (TPSA) is 73.8 Å². The molecule has 21 heavy (non-hydrogen) atoms. The van der Waals surface area contributed by atoms with Gasteiger partial charge >= 0.3 is 0 Å². The number of hydrogen-bond acceptors (Lipinski definition) is 7. The summed E-state index contributed by atoms with van der Waals surface area (Å²) in [7, 11) is 4.06. The van der Waals surface area contributed by atoms with E-state index in [1.165, 1.54) is 10.6 Å². The van der Waals surface area contributed by atoms with Crippen molar-refractivity contribution < 1.29 is 0 Å². The Hall–Kier alpha value is -2.22. The molecule has 0 amide bonds. The van der Waals surface area contributed by atoms with Crippen LogP contribution in [0.1, 0.15) is 10.6 Å². The summed E-state index contributed by atoms with van der Waals surface area (Å²) in [6.45, 7) is 1.76. The predicted molar refractivity (Wildman–Crippen MR) is 82.9 cm³/mol. The third-order valence-corrected chi connectivity index (χ3v) is 4.88. The Morgan fingerprint density at radius 2 is 2.24 bits per heavy atom. The number of nitrogens with one attached hydrogen (secondary N) is 1. The summed E-state index contributed by atoms with van der Waals surface area (Å²) in [5.41, 5.74) is 2.00. The molecule has 0 unspecified atom stereocenters. The average molecular weight is 301 g/mol. The summed E-state index contributed by atoms with van der Waals surface area (Å²) in [6, 6.07) is 0. The number of fused-ring (bicyclic) bond motifs is 2. The lowest BCUT2D eigenvalue weighted by Gasteiger charge is -2.27. The second-order valence-electron chi connectivity index (χ2n) is 5.26. The highest BCUT2D eigenvalue weighted by atomic mass is 32.1. The van der Waals surface area contributed by atoms with Gasteiger partial charge in [0.2, 0.25) is 0 Å². The summed E-state index contributed by atoms with van der Waals surface area (Å²) in [6.07, 6.45) is 4.32. The van der Waals surface area contributed by atoms with Crippen molar-refractivity contribution in [1.29, 1.82) is 0 Å². The molecule has 0 aliphatic carbocycles. The van der Waals surface area contributed by atoms with Crippen LogP contribution in [0.15, 0.2) is 12.5 Å². The minimum Gasteiger partial charge on any atom is -0.354 e. The largest absolute Gasteiger partial charge is 0.354 e. The van der Waals surface area contributed by atoms with E-state index in [-0.39, 0.29) is 0 Å². The first-order valence-corrected chi connectivity index (χ1v) is 7.59. The molecule has 0 radical (unpaired) electrons. The van der Waals surface area contributed by atoms with Gasteiger partial charge in [0.25, 0.3) is 0 Å². The van der Waals surface area contributed by atoms with E-state index in [4.69, 9.17) is 4.98 Å². The third-order valence-electron chi connectivity index (χ3n) is 3.63. The lowest BCUT2D eigenvalue weighted by atomic mass is 10.1. The minimum absolute atomic E-state index is 0.782. The normalized spacial score (nSPS) is 14.5. The second kappa shape index (κ2) is 4.66. The van der Waals surface area contributed by atoms with Crippen molar-refractivity contribution in [2.75, 3.05) is 30.4 Å². The number of hydrogen-bond donors (Lipinski definition) is 1. The van der Waals surface area contributed by atoms with Gasteiger partial charge < -0.3 is 9.80 Å². The van der Waals surface area contributed by atoms with E-state index >= 15 is 0 Å². The fourth-order valence-corrected chi connectivity index (χ4v) is 3.60. The van der Waals surface area contributed by atoms with Crippen LogP contribution in [-0.2, 0) is 13.0 Å². The number of nitrogens with zero attached hydrogens (tertiary/aromatic N) is 6. The average Bonchev–Trinajstić information content (AvgIpc) is 3.12. The minimum atomic E-state index is 0.782. The summed E-state index contributed by atoms with van der Waals surface area (Å²) < 4.78 is 0. The molecule has 8 heteroatoms. The maximum absolute atomic E-state index is 4.70. The van der Waals surface area contributed by atoms with Gasteiger partial charge in [-0.2, -0.15) is 5.10 Å². The molecule has 4 heterocycles. The van der Waals surface area contributed by atoms with Crippen LogP contribution in [0.25, 0.3) is 11.0 Å². The molecule has 1 aliphatic rings. The molecule has 1 aliphatic heterocycles. The molecule has 108 valence electrons. The van der Waals surface area contributed by atoms with Gasteiger partial charge in [-0.1, -0.05) is 11.3 Å². The first-order chi connectivity index (χ1) is 10.2. The van der Waals surface area contributed by atoms with E-state index in [0.29, 0.717) is 0 Å². The van der Waals surface area contributed by atoms with Crippen molar-refractivity contribution in [3.05, 3.63) is 23.1 Å². The van der Waals surface area contributed by atoms with Gasteiger partial charge in [0.05, 0.1) is 23.8 Å². The van der Waals surface area contributed by atoms with Crippen LogP contribution in [0.3, 0.4) is 0 Å². The standard InChI is InChI=1S/C13H15N7S/c1-19(2)13-17-9-3-4-20(6-10(9)21-13)12-8-5-16-18-11(8)14-7-15-12/h5,7H,3-4,6H2,1-2H3,(H,14,15,16,18). The van der Waals surface area contributed by atoms with E-state index < -0.39 is 0 Å². The maximum Gasteiger partial charge on any atom is 0.185 e. The van der Waals surface area contributed by atoms with Crippen LogP contribution < -0.4 is 9.80 Å². The molecule has 4 rings (SSSR count). The molecular weight excluding hydrogens is 286 g/mol. The van der Waals surface area contributed by atoms with Crippen LogP contribution in [0.4, 0.5) is 10.9 Å². The van der Waals surface area contributed by atoms with E-state index in [1.54, 1.807) is 23.9 Å². The van der Waals surface area contributed by atoms with Gasteiger partial charge in [-0.3, -0.25) is 5.10 Å². The van der Waals surface area contributed by atoms with Gasteiger partial charge in [-0.05, 0) is 0 Å². The lowest BCUT2D eigenvalue weighted by molar-refractivity contribution is 0.720. The molecule has 0 aromatic carbocycles. The predicted octanol–water partition coefficient (Wildman–Crippen LogP) is 1.44. The number of H-pyrrole nitrogens is 1. The van der Waals surface area contributed by atoms with E-state index in [0.717, 1.165) is 41.5 Å².